The number of hydrogen-bond donors (Lipinski definition) is 3. The second-order valence-corrected chi connectivity index (χ2v) is 7.47. The molecule has 3 aromatic rings. The predicted molar refractivity (Wildman–Crippen MR) is 132 cm³/mol. The number of carbonyl (C=O) groups is 2. The van der Waals surface area contributed by atoms with E-state index in [0.717, 1.165) is 5.56 Å². The molecule has 0 radical (unpaired) electrons. The molecule has 3 amide bonds. The number of nitrogens with one attached hydrogen (secondary N) is 3. The van der Waals surface area contributed by atoms with Gasteiger partial charge in [0.2, 0.25) is 0 Å². The summed E-state index contributed by atoms with van der Waals surface area (Å²) in [4.78, 5) is 24.8. The van der Waals surface area contributed by atoms with Gasteiger partial charge in [-0.05, 0) is 61.0 Å². The van der Waals surface area contributed by atoms with Crippen molar-refractivity contribution >= 4 is 23.3 Å². The monoisotopic (exact) mass is 463 g/mol. The first-order valence-electron chi connectivity index (χ1n) is 10.8. The van der Waals surface area contributed by atoms with Crippen LogP contribution in [-0.4, -0.2) is 39.4 Å². The third-order valence-electron chi connectivity index (χ3n) is 5.02. The number of hydrogen-bond acceptors (Lipinski definition) is 5. The third kappa shape index (κ3) is 6.98. The molecule has 0 aliphatic rings. The summed E-state index contributed by atoms with van der Waals surface area (Å²) >= 11 is 0. The SMILES string of the molecule is COCCOc1ccc(C(C)NC(=O)c2ccc(NC(=O)Nc3ccccc3)cc2)cc1OC. The molecule has 1 atom stereocenters. The molecule has 1 unspecified atom stereocenters. The molecule has 0 aliphatic heterocycles. The standard InChI is InChI=1S/C26H29N3O5/c1-18(20-11-14-23(24(17-20)33-3)34-16-15-32-2)27-25(30)19-9-12-22(13-10-19)29-26(31)28-21-7-5-4-6-8-21/h4-14,17-18H,15-16H2,1-3H3,(H,27,30)(H2,28,29,31). The van der Waals surface area contributed by atoms with E-state index in [9.17, 15) is 9.59 Å². The molecule has 0 bridgehead atoms. The Bertz CT molecular complexity index is 1090. The van der Waals surface area contributed by atoms with Gasteiger partial charge in [-0.2, -0.15) is 0 Å². The third-order valence-corrected chi connectivity index (χ3v) is 5.02. The van der Waals surface area contributed by atoms with E-state index in [0.29, 0.717) is 41.7 Å². The molecule has 0 heterocycles. The van der Waals surface area contributed by atoms with Gasteiger partial charge in [-0.1, -0.05) is 24.3 Å². The molecule has 0 aromatic heterocycles. The van der Waals surface area contributed by atoms with Gasteiger partial charge >= 0.3 is 6.03 Å². The van der Waals surface area contributed by atoms with E-state index in [-0.39, 0.29) is 18.0 Å². The first-order valence-corrected chi connectivity index (χ1v) is 10.8. The fraction of sp³-hybridized carbons (Fsp3) is 0.231. The zero-order valence-corrected chi connectivity index (χ0v) is 19.5. The topological polar surface area (TPSA) is 97.9 Å². The van der Waals surface area contributed by atoms with Crippen molar-refractivity contribution in [3.8, 4) is 11.5 Å². The van der Waals surface area contributed by atoms with E-state index in [2.05, 4.69) is 16.0 Å². The Morgan fingerprint density at radius 1 is 0.824 bits per heavy atom. The Hall–Kier alpha value is -4.04. The number of para-hydroxylation sites is 1. The van der Waals surface area contributed by atoms with E-state index < -0.39 is 0 Å². The molecule has 0 saturated carbocycles. The summed E-state index contributed by atoms with van der Waals surface area (Å²) in [6.45, 7) is 2.78. The summed E-state index contributed by atoms with van der Waals surface area (Å²) in [5, 5.41) is 8.46. The van der Waals surface area contributed by atoms with Crippen molar-refractivity contribution in [1.29, 1.82) is 0 Å². The maximum atomic E-state index is 12.7. The van der Waals surface area contributed by atoms with Crippen LogP contribution in [0.15, 0.2) is 72.8 Å². The van der Waals surface area contributed by atoms with Crippen molar-refractivity contribution in [3.63, 3.8) is 0 Å². The highest BCUT2D eigenvalue weighted by molar-refractivity contribution is 6.00. The van der Waals surface area contributed by atoms with E-state index in [1.54, 1.807) is 50.6 Å². The lowest BCUT2D eigenvalue weighted by atomic mass is 10.1. The first kappa shape index (κ1) is 24.6. The van der Waals surface area contributed by atoms with Gasteiger partial charge in [-0.25, -0.2) is 4.79 Å². The molecular weight excluding hydrogens is 434 g/mol. The maximum Gasteiger partial charge on any atom is 0.323 e. The van der Waals surface area contributed by atoms with Crippen LogP contribution in [0.2, 0.25) is 0 Å². The Labute approximate surface area is 199 Å². The lowest BCUT2D eigenvalue weighted by Crippen LogP contribution is -2.26. The van der Waals surface area contributed by atoms with Crippen molar-refractivity contribution in [2.45, 2.75) is 13.0 Å². The van der Waals surface area contributed by atoms with Gasteiger partial charge in [-0.15, -0.1) is 0 Å². The molecular formula is C26H29N3O5. The molecule has 178 valence electrons. The van der Waals surface area contributed by atoms with Gasteiger partial charge < -0.3 is 30.2 Å². The van der Waals surface area contributed by atoms with Crippen molar-refractivity contribution in [2.24, 2.45) is 0 Å². The van der Waals surface area contributed by atoms with Crippen LogP contribution < -0.4 is 25.4 Å². The predicted octanol–water partition coefficient (Wildman–Crippen LogP) is 4.86. The summed E-state index contributed by atoms with van der Waals surface area (Å²) < 4.78 is 16.1. The fourth-order valence-electron chi connectivity index (χ4n) is 3.19. The molecule has 8 heteroatoms. The molecule has 0 fully saturated rings. The van der Waals surface area contributed by atoms with Gasteiger partial charge in [0.1, 0.15) is 6.61 Å². The van der Waals surface area contributed by atoms with E-state index in [4.69, 9.17) is 14.2 Å². The summed E-state index contributed by atoms with van der Waals surface area (Å²) in [5.41, 5.74) is 2.62. The number of urea groups is 1. The highest BCUT2D eigenvalue weighted by Crippen LogP contribution is 2.30. The van der Waals surface area contributed by atoms with Crippen molar-refractivity contribution in [2.75, 3.05) is 38.1 Å². The fourth-order valence-corrected chi connectivity index (χ4v) is 3.19. The van der Waals surface area contributed by atoms with Crippen LogP contribution in [0, 0.1) is 0 Å². The Morgan fingerprint density at radius 2 is 1.50 bits per heavy atom. The van der Waals surface area contributed by atoms with E-state index in [1.807, 2.05) is 43.3 Å². The second kappa shape index (κ2) is 12.3. The molecule has 0 spiro atoms. The van der Waals surface area contributed by atoms with Crippen LogP contribution in [0.3, 0.4) is 0 Å². The van der Waals surface area contributed by atoms with Crippen LogP contribution in [0.25, 0.3) is 0 Å². The van der Waals surface area contributed by atoms with Crippen molar-refractivity contribution in [1.82, 2.24) is 5.32 Å². The van der Waals surface area contributed by atoms with Crippen LogP contribution in [0.4, 0.5) is 16.2 Å². The van der Waals surface area contributed by atoms with E-state index >= 15 is 0 Å². The van der Waals surface area contributed by atoms with Crippen LogP contribution in [0.5, 0.6) is 11.5 Å². The Kier molecular flexibility index (Phi) is 8.88. The quantitative estimate of drug-likeness (QED) is 0.373. The van der Waals surface area contributed by atoms with Crippen molar-refractivity contribution < 1.29 is 23.8 Å². The van der Waals surface area contributed by atoms with Gasteiger partial charge in [0.15, 0.2) is 11.5 Å². The number of ether oxygens (including phenoxy) is 3. The Morgan fingerprint density at radius 3 is 2.15 bits per heavy atom. The summed E-state index contributed by atoms with van der Waals surface area (Å²) in [6, 6.07) is 20.7. The number of methoxy groups -OCH3 is 2. The molecule has 8 nitrogen and oxygen atoms in total. The average molecular weight is 464 g/mol. The van der Waals surface area contributed by atoms with Gasteiger partial charge in [0, 0.05) is 24.0 Å². The zero-order chi connectivity index (χ0) is 24.3. The smallest absolute Gasteiger partial charge is 0.323 e. The molecule has 3 N–H and O–H groups in total. The highest BCUT2D eigenvalue weighted by Gasteiger charge is 2.14. The van der Waals surface area contributed by atoms with Gasteiger partial charge in [0.05, 0.1) is 19.8 Å². The van der Waals surface area contributed by atoms with Gasteiger partial charge in [-0.3, -0.25) is 4.79 Å². The number of carbonyl (C=O) groups excluding carboxylic acids is 2. The van der Waals surface area contributed by atoms with Gasteiger partial charge in [0.25, 0.3) is 5.91 Å². The molecule has 0 aliphatic carbocycles. The minimum absolute atomic E-state index is 0.229. The zero-order valence-electron chi connectivity index (χ0n) is 19.5. The number of benzene rings is 3. The normalized spacial score (nSPS) is 11.3. The van der Waals surface area contributed by atoms with Crippen LogP contribution >= 0.6 is 0 Å². The van der Waals surface area contributed by atoms with Crippen LogP contribution in [-0.2, 0) is 4.74 Å². The molecule has 34 heavy (non-hydrogen) atoms. The lowest BCUT2D eigenvalue weighted by molar-refractivity contribution is 0.0940. The molecule has 0 saturated heterocycles. The number of rotatable bonds is 10. The van der Waals surface area contributed by atoms with E-state index in [1.165, 1.54) is 0 Å². The maximum absolute atomic E-state index is 12.7. The molecule has 3 aromatic carbocycles. The molecule has 3 rings (SSSR count). The van der Waals surface area contributed by atoms with Crippen LogP contribution in [0.1, 0.15) is 28.9 Å². The minimum Gasteiger partial charge on any atom is -0.493 e. The number of amides is 3. The number of anilines is 2. The summed E-state index contributed by atoms with van der Waals surface area (Å²) in [7, 11) is 3.18. The average Bonchev–Trinajstić information content (AvgIpc) is 2.85. The summed E-state index contributed by atoms with van der Waals surface area (Å²) in [6.07, 6.45) is 0. The first-order chi connectivity index (χ1) is 16.5. The summed E-state index contributed by atoms with van der Waals surface area (Å²) in [5.74, 6) is 0.965. The lowest BCUT2D eigenvalue weighted by Gasteiger charge is -2.17. The second-order valence-electron chi connectivity index (χ2n) is 7.47. The van der Waals surface area contributed by atoms with Crippen molar-refractivity contribution in [3.05, 3.63) is 83.9 Å². The Balaban J connectivity index is 1.57. The highest BCUT2D eigenvalue weighted by atomic mass is 16.5. The minimum atomic E-state index is -0.361. The largest absolute Gasteiger partial charge is 0.493 e.